The summed E-state index contributed by atoms with van der Waals surface area (Å²) in [6.07, 6.45) is 5.64. The molecule has 0 aliphatic heterocycles. The molecular weight excluding hydrogens is 410 g/mol. The molecule has 0 saturated heterocycles. The Balaban J connectivity index is 1.61. The molecule has 2 aromatic carbocycles. The molecule has 0 atom stereocenters. The third kappa shape index (κ3) is 5.30. The Labute approximate surface area is 183 Å². The summed E-state index contributed by atoms with van der Waals surface area (Å²) < 4.78 is 28.4. The van der Waals surface area contributed by atoms with Crippen molar-refractivity contribution in [3.63, 3.8) is 0 Å². The van der Waals surface area contributed by atoms with Gasteiger partial charge in [0.1, 0.15) is 0 Å². The summed E-state index contributed by atoms with van der Waals surface area (Å²) in [7, 11) is -3.81. The standard InChI is InChI=1S/C24H25N3O3S/c1-18-6-10-21(11-7-18)31(29,30)26-23-5-3-2-4-22(23)24(28)27(16-19-8-9-19)17-20-12-14-25-15-13-20/h2-7,10-15,19,26H,8-9,16-17H2,1H3. The number of sulfonamides is 1. The third-order valence-corrected chi connectivity index (χ3v) is 6.70. The van der Waals surface area contributed by atoms with E-state index in [1.165, 1.54) is 0 Å². The molecule has 1 aromatic heterocycles. The highest BCUT2D eigenvalue weighted by atomic mass is 32.2. The number of benzene rings is 2. The van der Waals surface area contributed by atoms with Gasteiger partial charge in [-0.2, -0.15) is 0 Å². The van der Waals surface area contributed by atoms with Crippen LogP contribution in [0.4, 0.5) is 5.69 Å². The predicted octanol–water partition coefficient (Wildman–Crippen LogP) is 4.24. The molecular formula is C24H25N3O3S. The number of rotatable bonds is 8. The van der Waals surface area contributed by atoms with Crippen LogP contribution in [-0.2, 0) is 16.6 Å². The molecule has 4 rings (SSSR count). The van der Waals surface area contributed by atoms with E-state index in [-0.39, 0.29) is 16.5 Å². The van der Waals surface area contributed by atoms with Crippen LogP contribution in [0.25, 0.3) is 0 Å². The van der Waals surface area contributed by atoms with Gasteiger partial charge in [0.05, 0.1) is 16.1 Å². The smallest absolute Gasteiger partial charge is 0.261 e. The summed E-state index contributed by atoms with van der Waals surface area (Å²) in [6.45, 7) is 3.01. The minimum absolute atomic E-state index is 0.159. The Morgan fingerprint density at radius 3 is 2.39 bits per heavy atom. The van der Waals surface area contributed by atoms with E-state index >= 15 is 0 Å². The molecule has 1 fully saturated rings. The van der Waals surface area contributed by atoms with Crippen LogP contribution in [0.15, 0.2) is 78.0 Å². The lowest BCUT2D eigenvalue weighted by molar-refractivity contribution is 0.0736. The summed E-state index contributed by atoms with van der Waals surface area (Å²) in [4.78, 5) is 19.5. The SMILES string of the molecule is Cc1ccc(S(=O)(=O)Nc2ccccc2C(=O)N(Cc2ccncc2)CC2CC2)cc1. The minimum atomic E-state index is -3.81. The average molecular weight is 436 g/mol. The second-order valence-electron chi connectivity index (χ2n) is 7.95. The van der Waals surface area contributed by atoms with Crippen LogP contribution in [0.5, 0.6) is 0 Å². The van der Waals surface area contributed by atoms with Crippen molar-refractivity contribution in [2.24, 2.45) is 5.92 Å². The van der Waals surface area contributed by atoms with Gasteiger partial charge in [0.2, 0.25) is 0 Å². The molecule has 0 spiro atoms. The Morgan fingerprint density at radius 1 is 1.03 bits per heavy atom. The monoisotopic (exact) mass is 435 g/mol. The van der Waals surface area contributed by atoms with Gasteiger partial charge in [-0.25, -0.2) is 8.42 Å². The lowest BCUT2D eigenvalue weighted by Gasteiger charge is -2.24. The van der Waals surface area contributed by atoms with Crippen LogP contribution < -0.4 is 4.72 Å². The molecule has 1 saturated carbocycles. The molecule has 1 aliphatic carbocycles. The molecule has 0 bridgehead atoms. The van der Waals surface area contributed by atoms with E-state index in [2.05, 4.69) is 9.71 Å². The van der Waals surface area contributed by atoms with E-state index in [0.717, 1.165) is 24.0 Å². The number of anilines is 1. The maximum atomic E-state index is 13.5. The molecule has 0 radical (unpaired) electrons. The first kappa shape index (κ1) is 21.1. The first-order chi connectivity index (χ1) is 14.9. The molecule has 1 heterocycles. The maximum Gasteiger partial charge on any atom is 0.261 e. The Kier molecular flexibility index (Phi) is 6.04. The third-order valence-electron chi connectivity index (χ3n) is 5.32. The maximum absolute atomic E-state index is 13.5. The van der Waals surface area contributed by atoms with Crippen molar-refractivity contribution in [1.29, 1.82) is 0 Å². The lowest BCUT2D eigenvalue weighted by atomic mass is 10.1. The van der Waals surface area contributed by atoms with E-state index in [0.29, 0.717) is 24.6 Å². The highest BCUT2D eigenvalue weighted by Crippen LogP contribution is 2.31. The van der Waals surface area contributed by atoms with E-state index in [1.807, 2.05) is 19.1 Å². The van der Waals surface area contributed by atoms with Gasteiger partial charge in [0.15, 0.2) is 0 Å². The zero-order valence-electron chi connectivity index (χ0n) is 17.4. The van der Waals surface area contributed by atoms with E-state index < -0.39 is 10.0 Å². The predicted molar refractivity (Wildman–Crippen MR) is 120 cm³/mol. The van der Waals surface area contributed by atoms with Crippen LogP contribution in [-0.4, -0.2) is 30.8 Å². The fraction of sp³-hybridized carbons (Fsp3) is 0.250. The molecule has 1 N–H and O–H groups in total. The number of nitrogens with zero attached hydrogens (tertiary/aromatic N) is 2. The number of para-hydroxylation sites is 1. The summed E-state index contributed by atoms with van der Waals surface area (Å²) in [5.74, 6) is 0.313. The number of pyridine rings is 1. The van der Waals surface area contributed by atoms with Gasteiger partial charge in [0.25, 0.3) is 15.9 Å². The normalized spacial score (nSPS) is 13.6. The van der Waals surface area contributed by atoms with Crippen molar-refractivity contribution in [2.45, 2.75) is 31.2 Å². The van der Waals surface area contributed by atoms with Crippen LogP contribution in [0.1, 0.15) is 34.3 Å². The van der Waals surface area contributed by atoms with Crippen LogP contribution in [0.2, 0.25) is 0 Å². The molecule has 1 aliphatic rings. The molecule has 31 heavy (non-hydrogen) atoms. The van der Waals surface area contributed by atoms with Gasteiger partial charge in [-0.1, -0.05) is 29.8 Å². The first-order valence-electron chi connectivity index (χ1n) is 10.3. The van der Waals surface area contributed by atoms with E-state index in [1.54, 1.807) is 65.8 Å². The number of hydrogen-bond donors (Lipinski definition) is 1. The van der Waals surface area contributed by atoms with Gasteiger partial charge < -0.3 is 4.90 Å². The van der Waals surface area contributed by atoms with Crippen LogP contribution in [0, 0.1) is 12.8 Å². The van der Waals surface area contributed by atoms with Crippen LogP contribution >= 0.6 is 0 Å². The highest BCUT2D eigenvalue weighted by Gasteiger charge is 2.29. The Morgan fingerprint density at radius 2 is 1.71 bits per heavy atom. The zero-order chi connectivity index (χ0) is 21.8. The fourth-order valence-corrected chi connectivity index (χ4v) is 4.47. The number of carbonyl (C=O) groups excluding carboxylic acids is 1. The van der Waals surface area contributed by atoms with Crippen molar-refractivity contribution in [2.75, 3.05) is 11.3 Å². The summed E-state index contributed by atoms with van der Waals surface area (Å²) in [6, 6.07) is 17.2. The lowest BCUT2D eigenvalue weighted by Crippen LogP contribution is -2.33. The molecule has 6 nitrogen and oxygen atoms in total. The minimum Gasteiger partial charge on any atom is -0.334 e. The summed E-state index contributed by atoms with van der Waals surface area (Å²) in [5.41, 5.74) is 2.58. The van der Waals surface area contributed by atoms with Crippen LogP contribution in [0.3, 0.4) is 0 Å². The molecule has 7 heteroatoms. The number of nitrogens with one attached hydrogen (secondary N) is 1. The summed E-state index contributed by atoms with van der Waals surface area (Å²) in [5, 5.41) is 0. The van der Waals surface area contributed by atoms with Crippen molar-refractivity contribution in [1.82, 2.24) is 9.88 Å². The fourth-order valence-electron chi connectivity index (χ4n) is 3.39. The number of aromatic nitrogens is 1. The topological polar surface area (TPSA) is 79.4 Å². The average Bonchev–Trinajstić information content (AvgIpc) is 3.58. The van der Waals surface area contributed by atoms with Gasteiger partial charge in [-0.3, -0.25) is 14.5 Å². The summed E-state index contributed by atoms with van der Waals surface area (Å²) >= 11 is 0. The van der Waals surface area contributed by atoms with E-state index in [4.69, 9.17) is 0 Å². The second kappa shape index (κ2) is 8.89. The number of aryl methyl sites for hydroxylation is 1. The van der Waals surface area contributed by atoms with Crippen molar-refractivity contribution < 1.29 is 13.2 Å². The molecule has 1 amide bonds. The first-order valence-corrected chi connectivity index (χ1v) is 11.8. The van der Waals surface area contributed by atoms with Gasteiger partial charge in [-0.05, 0) is 67.6 Å². The second-order valence-corrected chi connectivity index (χ2v) is 9.63. The van der Waals surface area contributed by atoms with Crippen molar-refractivity contribution in [3.8, 4) is 0 Å². The Hall–Kier alpha value is -3.19. The number of carbonyl (C=O) groups is 1. The number of amides is 1. The molecule has 3 aromatic rings. The van der Waals surface area contributed by atoms with Crippen molar-refractivity contribution >= 4 is 21.6 Å². The number of hydrogen-bond acceptors (Lipinski definition) is 4. The van der Waals surface area contributed by atoms with Gasteiger partial charge >= 0.3 is 0 Å². The largest absolute Gasteiger partial charge is 0.334 e. The van der Waals surface area contributed by atoms with Gasteiger partial charge in [0, 0.05) is 25.5 Å². The highest BCUT2D eigenvalue weighted by molar-refractivity contribution is 7.92. The zero-order valence-corrected chi connectivity index (χ0v) is 18.2. The van der Waals surface area contributed by atoms with Crippen molar-refractivity contribution in [3.05, 3.63) is 89.7 Å². The Bertz CT molecular complexity index is 1160. The van der Waals surface area contributed by atoms with E-state index in [9.17, 15) is 13.2 Å². The quantitative estimate of drug-likeness (QED) is 0.574. The van der Waals surface area contributed by atoms with Gasteiger partial charge in [-0.15, -0.1) is 0 Å². The molecule has 0 unspecified atom stereocenters. The molecule has 160 valence electrons.